The molecule has 1 aromatic carbocycles. The van der Waals surface area contributed by atoms with Gasteiger partial charge < -0.3 is 19.1 Å². The molecule has 0 radical (unpaired) electrons. The number of anilines is 1. The molecule has 3 rings (SSSR count). The molecule has 2 aliphatic heterocycles. The van der Waals surface area contributed by atoms with Crippen molar-refractivity contribution >= 4 is 29.4 Å². The number of hydrogen-bond donors (Lipinski definition) is 2. The van der Waals surface area contributed by atoms with Crippen LogP contribution in [0.5, 0.6) is 11.5 Å². The molecule has 10 heteroatoms. The minimum Gasteiger partial charge on any atom is -0.486 e. The van der Waals surface area contributed by atoms with Crippen LogP contribution in [0.15, 0.2) is 18.2 Å². The molecule has 0 saturated carbocycles. The molecular formula is C17H19N3O7. The molecule has 1 fully saturated rings. The summed E-state index contributed by atoms with van der Waals surface area (Å²) in [5.41, 5.74) is 4.77. The number of carbonyl (C=O) groups is 4. The van der Waals surface area contributed by atoms with Gasteiger partial charge in [-0.3, -0.25) is 30.0 Å². The summed E-state index contributed by atoms with van der Waals surface area (Å²) in [5.74, 6) is -1.53. The first-order chi connectivity index (χ1) is 12.9. The quantitative estimate of drug-likeness (QED) is 0.537. The number of carbonyl (C=O) groups excluding carboxylic acids is 4. The van der Waals surface area contributed by atoms with Gasteiger partial charge in [-0.1, -0.05) is 0 Å². The van der Waals surface area contributed by atoms with Crippen molar-refractivity contribution in [2.24, 2.45) is 5.92 Å². The molecule has 2 heterocycles. The minimum atomic E-state index is -0.681. The van der Waals surface area contributed by atoms with Gasteiger partial charge in [-0.2, -0.15) is 0 Å². The molecule has 2 N–H and O–H groups in total. The molecule has 144 valence electrons. The number of nitrogens with zero attached hydrogens (tertiary/aromatic N) is 1. The Morgan fingerprint density at radius 3 is 2.67 bits per heavy atom. The van der Waals surface area contributed by atoms with E-state index in [1.807, 2.05) is 0 Å². The highest BCUT2D eigenvalue weighted by Gasteiger charge is 2.36. The monoisotopic (exact) mass is 377 g/mol. The molecule has 2 aliphatic rings. The lowest BCUT2D eigenvalue weighted by molar-refractivity contribution is -0.152. The third-order valence-electron chi connectivity index (χ3n) is 4.02. The largest absolute Gasteiger partial charge is 0.486 e. The zero-order chi connectivity index (χ0) is 19.4. The molecule has 3 amide bonds. The molecule has 27 heavy (non-hydrogen) atoms. The van der Waals surface area contributed by atoms with Gasteiger partial charge in [0.25, 0.3) is 5.91 Å². The maximum atomic E-state index is 12.3. The highest BCUT2D eigenvalue weighted by Crippen LogP contribution is 2.36. The standard InChI is InChI=1S/C17H19N3O7/c1-10(21)18-19-15(22)9-27-17(24)11-6-16(23)20(8-11)12-2-3-13-14(7-12)26-5-4-25-13/h2-3,7,11H,4-6,8-9H2,1H3,(H,18,21)(H,19,22)/t11-/m1/s1. The molecule has 1 saturated heterocycles. The van der Waals surface area contributed by atoms with Crippen molar-refractivity contribution in [2.45, 2.75) is 13.3 Å². The molecule has 0 spiro atoms. The maximum absolute atomic E-state index is 12.3. The third kappa shape index (κ3) is 4.46. The zero-order valence-electron chi connectivity index (χ0n) is 14.6. The highest BCUT2D eigenvalue weighted by molar-refractivity contribution is 6.00. The van der Waals surface area contributed by atoms with Crippen LogP contribution in [-0.2, 0) is 23.9 Å². The van der Waals surface area contributed by atoms with Gasteiger partial charge in [0.05, 0.1) is 5.92 Å². The number of fused-ring (bicyclic) bond motifs is 1. The number of esters is 1. The van der Waals surface area contributed by atoms with E-state index in [1.54, 1.807) is 18.2 Å². The van der Waals surface area contributed by atoms with Crippen molar-refractivity contribution in [3.05, 3.63) is 18.2 Å². The second kappa shape index (κ2) is 7.94. The Balaban J connectivity index is 1.56. The average Bonchev–Trinajstić information content (AvgIpc) is 3.05. The van der Waals surface area contributed by atoms with Crippen molar-refractivity contribution in [1.29, 1.82) is 0 Å². The van der Waals surface area contributed by atoms with Crippen LogP contribution in [0.1, 0.15) is 13.3 Å². The summed E-state index contributed by atoms with van der Waals surface area (Å²) in [6.07, 6.45) is -0.0133. The second-order valence-corrected chi connectivity index (χ2v) is 6.07. The molecule has 0 bridgehead atoms. The minimum absolute atomic E-state index is 0.0133. The van der Waals surface area contributed by atoms with Crippen molar-refractivity contribution in [1.82, 2.24) is 10.9 Å². The van der Waals surface area contributed by atoms with Crippen molar-refractivity contribution in [3.8, 4) is 11.5 Å². The average molecular weight is 377 g/mol. The van der Waals surface area contributed by atoms with Crippen molar-refractivity contribution in [3.63, 3.8) is 0 Å². The predicted molar refractivity (Wildman–Crippen MR) is 90.8 cm³/mol. The van der Waals surface area contributed by atoms with Crippen LogP contribution in [0.4, 0.5) is 5.69 Å². The van der Waals surface area contributed by atoms with E-state index >= 15 is 0 Å². The molecule has 0 aliphatic carbocycles. The molecule has 1 aromatic rings. The Hall–Kier alpha value is -3.30. The van der Waals surface area contributed by atoms with Gasteiger partial charge in [0, 0.05) is 31.6 Å². The van der Waals surface area contributed by atoms with Crippen LogP contribution in [0.3, 0.4) is 0 Å². The summed E-state index contributed by atoms with van der Waals surface area (Å²) in [4.78, 5) is 48.0. The smallest absolute Gasteiger partial charge is 0.311 e. The number of amides is 3. The lowest BCUT2D eigenvalue weighted by Gasteiger charge is -2.22. The summed E-state index contributed by atoms with van der Waals surface area (Å²) in [5, 5.41) is 0. The van der Waals surface area contributed by atoms with Gasteiger partial charge in [-0.05, 0) is 12.1 Å². The number of rotatable bonds is 4. The number of hydrazine groups is 1. The zero-order valence-corrected chi connectivity index (χ0v) is 14.6. The Morgan fingerprint density at radius 2 is 1.93 bits per heavy atom. The first-order valence-electron chi connectivity index (χ1n) is 8.36. The number of benzene rings is 1. The van der Waals surface area contributed by atoms with Gasteiger partial charge in [0.15, 0.2) is 18.1 Å². The van der Waals surface area contributed by atoms with Crippen molar-refractivity contribution in [2.75, 3.05) is 31.3 Å². The first-order valence-corrected chi connectivity index (χ1v) is 8.36. The third-order valence-corrected chi connectivity index (χ3v) is 4.02. The molecule has 0 unspecified atom stereocenters. The normalized spacial score (nSPS) is 18.0. The van der Waals surface area contributed by atoms with Gasteiger partial charge >= 0.3 is 5.97 Å². The fraction of sp³-hybridized carbons (Fsp3) is 0.412. The van der Waals surface area contributed by atoms with E-state index in [4.69, 9.17) is 14.2 Å². The summed E-state index contributed by atoms with van der Waals surface area (Å²) in [7, 11) is 0. The Bertz CT molecular complexity index is 780. The van der Waals surface area contributed by atoms with Gasteiger partial charge in [-0.15, -0.1) is 0 Å². The number of ether oxygens (including phenoxy) is 3. The van der Waals surface area contributed by atoms with E-state index in [0.717, 1.165) is 0 Å². The summed E-state index contributed by atoms with van der Waals surface area (Å²) < 4.78 is 15.9. The van der Waals surface area contributed by atoms with Gasteiger partial charge in [0.1, 0.15) is 13.2 Å². The van der Waals surface area contributed by atoms with E-state index in [0.29, 0.717) is 30.4 Å². The molecule has 0 aromatic heterocycles. The summed E-state index contributed by atoms with van der Waals surface area (Å²) in [6, 6.07) is 5.14. The van der Waals surface area contributed by atoms with Crippen LogP contribution in [-0.4, -0.2) is 50.1 Å². The Labute approximate surface area is 154 Å². The van der Waals surface area contributed by atoms with Crippen LogP contribution in [0, 0.1) is 5.92 Å². The van der Waals surface area contributed by atoms with E-state index in [2.05, 4.69) is 10.9 Å². The molecular weight excluding hydrogens is 358 g/mol. The van der Waals surface area contributed by atoms with Crippen molar-refractivity contribution < 1.29 is 33.4 Å². The number of hydrogen-bond acceptors (Lipinski definition) is 7. The summed E-state index contributed by atoms with van der Waals surface area (Å²) in [6.45, 7) is 1.72. The van der Waals surface area contributed by atoms with Crippen LogP contribution in [0.25, 0.3) is 0 Å². The fourth-order valence-electron chi connectivity index (χ4n) is 2.76. The fourth-order valence-corrected chi connectivity index (χ4v) is 2.76. The van der Waals surface area contributed by atoms with E-state index in [9.17, 15) is 19.2 Å². The number of nitrogens with one attached hydrogen (secondary N) is 2. The SMILES string of the molecule is CC(=O)NNC(=O)COC(=O)[C@@H]1CC(=O)N(c2ccc3c(c2)OCCO3)C1. The van der Waals surface area contributed by atoms with E-state index < -0.39 is 30.3 Å². The topological polar surface area (TPSA) is 123 Å². The summed E-state index contributed by atoms with van der Waals surface area (Å²) >= 11 is 0. The predicted octanol–water partition coefficient (Wildman–Crippen LogP) is -0.479. The Kier molecular flexibility index (Phi) is 5.43. The Morgan fingerprint density at radius 1 is 1.19 bits per heavy atom. The van der Waals surface area contributed by atoms with Gasteiger partial charge in [0.2, 0.25) is 11.8 Å². The molecule has 10 nitrogen and oxygen atoms in total. The lowest BCUT2D eigenvalue weighted by atomic mass is 10.1. The van der Waals surface area contributed by atoms with E-state index in [1.165, 1.54) is 11.8 Å². The lowest BCUT2D eigenvalue weighted by Crippen LogP contribution is -2.42. The van der Waals surface area contributed by atoms with Gasteiger partial charge in [-0.25, -0.2) is 0 Å². The van der Waals surface area contributed by atoms with Crippen LogP contribution >= 0.6 is 0 Å². The van der Waals surface area contributed by atoms with E-state index in [-0.39, 0.29) is 18.9 Å². The van der Waals surface area contributed by atoms with Crippen LogP contribution < -0.4 is 25.2 Å². The first kappa shape index (κ1) is 18.5. The molecule has 1 atom stereocenters. The maximum Gasteiger partial charge on any atom is 0.311 e. The second-order valence-electron chi connectivity index (χ2n) is 6.07. The van der Waals surface area contributed by atoms with Crippen LogP contribution in [0.2, 0.25) is 0 Å². The highest BCUT2D eigenvalue weighted by atomic mass is 16.6.